The predicted octanol–water partition coefficient (Wildman–Crippen LogP) is 4.27. The van der Waals surface area contributed by atoms with Gasteiger partial charge in [0.1, 0.15) is 5.37 Å². The topological polar surface area (TPSA) is 80.3 Å². The minimum Gasteiger partial charge on any atom is -0.222 e. The van der Waals surface area contributed by atoms with Crippen molar-refractivity contribution in [1.29, 1.82) is 0 Å². The van der Waals surface area contributed by atoms with Gasteiger partial charge in [-0.15, -0.1) is 0 Å². The SMILES string of the molecule is Cc1cc(C)c(S(=O)(=O)NC(C2CCCCC2)S(=O)(=O)c2ccccc2)c(C)c1. The van der Waals surface area contributed by atoms with Crippen LogP contribution in [-0.2, 0) is 19.9 Å². The van der Waals surface area contributed by atoms with E-state index < -0.39 is 25.2 Å². The molecule has 1 saturated carbocycles. The minimum absolute atomic E-state index is 0.149. The molecule has 0 aromatic heterocycles. The maximum absolute atomic E-state index is 13.4. The molecule has 0 spiro atoms. The monoisotopic (exact) mass is 435 g/mol. The van der Waals surface area contributed by atoms with Crippen LogP contribution in [0.2, 0.25) is 0 Å². The molecule has 1 aliphatic rings. The molecule has 0 saturated heterocycles. The van der Waals surface area contributed by atoms with E-state index in [-0.39, 0.29) is 15.7 Å². The van der Waals surface area contributed by atoms with Gasteiger partial charge in [-0.2, -0.15) is 4.72 Å². The highest BCUT2D eigenvalue weighted by Gasteiger charge is 2.39. The van der Waals surface area contributed by atoms with Gasteiger partial charge in [0, 0.05) is 0 Å². The Hall–Kier alpha value is -1.70. The van der Waals surface area contributed by atoms with Crippen molar-refractivity contribution in [2.45, 2.75) is 68.0 Å². The third-order valence-corrected chi connectivity index (χ3v) is 9.62. The average molecular weight is 436 g/mol. The smallest absolute Gasteiger partial charge is 0.222 e. The summed E-state index contributed by atoms with van der Waals surface area (Å²) in [5.74, 6) is -0.241. The third kappa shape index (κ3) is 4.73. The molecule has 1 fully saturated rings. The molecule has 158 valence electrons. The van der Waals surface area contributed by atoms with Gasteiger partial charge in [0.15, 0.2) is 9.84 Å². The Balaban J connectivity index is 2.06. The van der Waals surface area contributed by atoms with E-state index in [4.69, 9.17) is 0 Å². The van der Waals surface area contributed by atoms with Crippen LogP contribution in [0, 0.1) is 26.7 Å². The zero-order valence-corrected chi connectivity index (χ0v) is 18.8. The lowest BCUT2D eigenvalue weighted by molar-refractivity contribution is 0.331. The van der Waals surface area contributed by atoms with Crippen LogP contribution in [0.4, 0.5) is 0 Å². The lowest BCUT2D eigenvalue weighted by atomic mass is 9.89. The van der Waals surface area contributed by atoms with Crippen molar-refractivity contribution in [3.63, 3.8) is 0 Å². The molecule has 2 aromatic rings. The molecular formula is C22H29NO4S2. The fourth-order valence-corrected chi connectivity index (χ4v) is 8.49. The number of hydrogen-bond acceptors (Lipinski definition) is 4. The van der Waals surface area contributed by atoms with E-state index in [0.717, 1.165) is 24.8 Å². The van der Waals surface area contributed by atoms with Gasteiger partial charge in [0.05, 0.1) is 9.79 Å². The molecule has 29 heavy (non-hydrogen) atoms. The summed E-state index contributed by atoms with van der Waals surface area (Å²) < 4.78 is 56.2. The fourth-order valence-electron chi connectivity index (χ4n) is 4.41. The molecule has 1 aliphatic carbocycles. The first kappa shape index (κ1) is 22.0. The maximum Gasteiger partial charge on any atom is 0.242 e. The number of benzene rings is 2. The summed E-state index contributed by atoms with van der Waals surface area (Å²) >= 11 is 0. The zero-order valence-electron chi connectivity index (χ0n) is 17.2. The van der Waals surface area contributed by atoms with Crippen LogP contribution in [0.3, 0.4) is 0 Å². The van der Waals surface area contributed by atoms with Crippen molar-refractivity contribution < 1.29 is 16.8 Å². The largest absolute Gasteiger partial charge is 0.242 e. The maximum atomic E-state index is 13.4. The molecule has 1 atom stereocenters. The van der Waals surface area contributed by atoms with E-state index in [2.05, 4.69) is 4.72 Å². The summed E-state index contributed by atoms with van der Waals surface area (Å²) in [6, 6.07) is 11.7. The number of aryl methyl sites for hydroxylation is 3. The predicted molar refractivity (Wildman–Crippen MR) is 115 cm³/mol. The second kappa shape index (κ2) is 8.58. The molecule has 2 aromatic carbocycles. The minimum atomic E-state index is -4.01. The van der Waals surface area contributed by atoms with Crippen molar-refractivity contribution in [2.24, 2.45) is 5.92 Å². The fraction of sp³-hybridized carbons (Fsp3) is 0.455. The number of sulfone groups is 1. The normalized spacial score (nSPS) is 17.2. The van der Waals surface area contributed by atoms with Crippen LogP contribution < -0.4 is 4.72 Å². The van der Waals surface area contributed by atoms with Gasteiger partial charge in [0.25, 0.3) is 0 Å². The Labute approximate surface area is 174 Å². The molecule has 0 radical (unpaired) electrons. The van der Waals surface area contributed by atoms with Gasteiger partial charge in [-0.1, -0.05) is 55.2 Å². The van der Waals surface area contributed by atoms with Crippen molar-refractivity contribution >= 4 is 19.9 Å². The van der Waals surface area contributed by atoms with Crippen LogP contribution in [0.1, 0.15) is 48.8 Å². The van der Waals surface area contributed by atoms with Crippen molar-refractivity contribution in [2.75, 3.05) is 0 Å². The van der Waals surface area contributed by atoms with Gasteiger partial charge >= 0.3 is 0 Å². The van der Waals surface area contributed by atoms with E-state index in [1.165, 1.54) is 12.1 Å². The second-order valence-electron chi connectivity index (χ2n) is 8.03. The molecule has 0 aliphatic heterocycles. The summed E-state index contributed by atoms with van der Waals surface area (Å²) in [6.07, 6.45) is 4.28. The summed E-state index contributed by atoms with van der Waals surface area (Å²) in [6.45, 7) is 5.40. The van der Waals surface area contributed by atoms with Gasteiger partial charge in [-0.3, -0.25) is 0 Å². The quantitative estimate of drug-likeness (QED) is 0.735. The van der Waals surface area contributed by atoms with Gasteiger partial charge in [-0.25, -0.2) is 16.8 Å². The molecule has 1 N–H and O–H groups in total. The lowest BCUT2D eigenvalue weighted by Gasteiger charge is -2.31. The van der Waals surface area contributed by atoms with Crippen LogP contribution in [0.5, 0.6) is 0 Å². The second-order valence-corrected chi connectivity index (χ2v) is 11.7. The summed E-state index contributed by atoms with van der Waals surface area (Å²) in [4.78, 5) is 0.322. The molecule has 0 heterocycles. The Kier molecular flexibility index (Phi) is 6.51. The highest BCUT2D eigenvalue weighted by Crippen LogP contribution is 2.33. The van der Waals surface area contributed by atoms with E-state index in [1.807, 2.05) is 19.1 Å². The van der Waals surface area contributed by atoms with Crippen molar-refractivity contribution in [3.05, 3.63) is 59.2 Å². The molecule has 3 rings (SSSR count). The zero-order chi connectivity index (χ0) is 21.2. The number of sulfonamides is 1. The van der Waals surface area contributed by atoms with E-state index in [0.29, 0.717) is 24.0 Å². The first-order chi connectivity index (χ1) is 13.6. The third-order valence-electron chi connectivity index (χ3n) is 5.63. The summed E-state index contributed by atoms with van der Waals surface area (Å²) in [5.41, 5.74) is 2.21. The highest BCUT2D eigenvalue weighted by atomic mass is 32.2. The Morgan fingerprint density at radius 1 is 0.862 bits per heavy atom. The first-order valence-corrected chi connectivity index (χ1v) is 13.0. The van der Waals surface area contributed by atoms with Crippen LogP contribution in [0.25, 0.3) is 0 Å². The Morgan fingerprint density at radius 3 is 1.97 bits per heavy atom. The van der Waals surface area contributed by atoms with Crippen LogP contribution in [-0.4, -0.2) is 22.2 Å². The molecule has 0 amide bonds. The van der Waals surface area contributed by atoms with E-state index >= 15 is 0 Å². The van der Waals surface area contributed by atoms with Gasteiger partial charge in [-0.05, 0) is 62.8 Å². The number of hydrogen-bond donors (Lipinski definition) is 1. The highest BCUT2D eigenvalue weighted by molar-refractivity contribution is 7.94. The first-order valence-electron chi connectivity index (χ1n) is 10.0. The van der Waals surface area contributed by atoms with Crippen LogP contribution >= 0.6 is 0 Å². The van der Waals surface area contributed by atoms with Crippen molar-refractivity contribution in [3.8, 4) is 0 Å². The van der Waals surface area contributed by atoms with E-state index in [1.54, 1.807) is 32.0 Å². The standard InChI is InChI=1S/C22H29NO4S2/c1-16-14-17(2)21(18(3)15-16)29(26,27)23-22(19-10-6-4-7-11-19)28(24,25)20-12-8-5-9-13-20/h5,8-9,12-15,19,22-23H,4,6-7,10-11H2,1-3H3. The molecule has 7 heteroatoms. The Morgan fingerprint density at radius 2 is 1.41 bits per heavy atom. The summed E-state index contributed by atoms with van der Waals surface area (Å²) in [7, 11) is -7.87. The molecule has 1 unspecified atom stereocenters. The van der Waals surface area contributed by atoms with E-state index in [9.17, 15) is 16.8 Å². The summed E-state index contributed by atoms with van der Waals surface area (Å²) in [5, 5.41) is -1.17. The molecule has 5 nitrogen and oxygen atoms in total. The number of nitrogens with one attached hydrogen (secondary N) is 1. The number of rotatable bonds is 6. The average Bonchev–Trinajstić information content (AvgIpc) is 2.66. The molecular weight excluding hydrogens is 406 g/mol. The van der Waals surface area contributed by atoms with Crippen LogP contribution in [0.15, 0.2) is 52.3 Å². The molecule has 0 bridgehead atoms. The van der Waals surface area contributed by atoms with Gasteiger partial charge < -0.3 is 0 Å². The van der Waals surface area contributed by atoms with Crippen molar-refractivity contribution in [1.82, 2.24) is 4.72 Å². The Bertz CT molecular complexity index is 1050. The lowest BCUT2D eigenvalue weighted by Crippen LogP contribution is -2.46. The van der Waals surface area contributed by atoms with Gasteiger partial charge in [0.2, 0.25) is 10.0 Å².